The van der Waals surface area contributed by atoms with Gasteiger partial charge in [-0.3, -0.25) is 4.98 Å². The van der Waals surface area contributed by atoms with E-state index in [0.29, 0.717) is 12.5 Å². The van der Waals surface area contributed by atoms with Crippen molar-refractivity contribution in [3.8, 4) is 5.88 Å². The number of benzene rings is 1. The quantitative estimate of drug-likeness (QED) is 0.550. The maximum atomic E-state index is 13.4. The molecule has 1 aliphatic rings. The summed E-state index contributed by atoms with van der Waals surface area (Å²) in [4.78, 5) is 12.3. The number of unbranched alkanes of at least 4 members (excludes halogenated alkanes) is 1. The first-order valence-electron chi connectivity index (χ1n) is 10.2. The van der Waals surface area contributed by atoms with E-state index in [9.17, 15) is 4.39 Å². The molecule has 0 unspecified atom stereocenters. The highest BCUT2D eigenvalue weighted by atomic mass is 19.1. The molecule has 0 bridgehead atoms. The number of H-pyrrole nitrogens is 1. The van der Waals surface area contributed by atoms with Gasteiger partial charge in [-0.25, -0.2) is 9.37 Å². The zero-order chi connectivity index (χ0) is 19.2. The van der Waals surface area contributed by atoms with Crippen molar-refractivity contribution in [1.82, 2.24) is 20.3 Å². The number of fused-ring (bicyclic) bond motifs is 2. The average Bonchev–Trinajstić information content (AvgIpc) is 3.12. The van der Waals surface area contributed by atoms with Crippen LogP contribution in [0, 0.1) is 5.82 Å². The highest BCUT2D eigenvalue weighted by Crippen LogP contribution is 2.20. The first-order valence-corrected chi connectivity index (χ1v) is 10.2. The summed E-state index contributed by atoms with van der Waals surface area (Å²) in [6.07, 6.45) is 11.1. The second kappa shape index (κ2) is 9.15. The van der Waals surface area contributed by atoms with Gasteiger partial charge in [0, 0.05) is 17.1 Å². The largest absolute Gasteiger partial charge is 0.477 e. The Morgan fingerprint density at radius 1 is 1.11 bits per heavy atom. The Morgan fingerprint density at radius 3 is 2.93 bits per heavy atom. The number of hydrogen-bond acceptors (Lipinski definition) is 4. The summed E-state index contributed by atoms with van der Waals surface area (Å²) >= 11 is 0. The van der Waals surface area contributed by atoms with Crippen molar-refractivity contribution in [3.05, 3.63) is 53.4 Å². The maximum absolute atomic E-state index is 13.4. The molecule has 148 valence electrons. The molecule has 2 N–H and O–H groups in total. The highest BCUT2D eigenvalue weighted by Gasteiger charge is 2.12. The van der Waals surface area contributed by atoms with Crippen LogP contribution in [-0.4, -0.2) is 34.6 Å². The second-order valence-corrected chi connectivity index (χ2v) is 7.37. The van der Waals surface area contributed by atoms with Crippen LogP contribution in [0.2, 0.25) is 0 Å². The molecule has 4 rings (SSSR count). The van der Waals surface area contributed by atoms with Gasteiger partial charge >= 0.3 is 0 Å². The molecule has 2 aromatic heterocycles. The molecule has 1 aliphatic carbocycles. The molecule has 6 heteroatoms. The zero-order valence-corrected chi connectivity index (χ0v) is 16.1. The van der Waals surface area contributed by atoms with Crippen LogP contribution in [-0.2, 0) is 19.3 Å². The predicted molar refractivity (Wildman–Crippen MR) is 108 cm³/mol. The molecule has 0 aliphatic heterocycles. The van der Waals surface area contributed by atoms with Crippen LogP contribution >= 0.6 is 0 Å². The van der Waals surface area contributed by atoms with E-state index in [1.165, 1.54) is 18.9 Å². The summed E-state index contributed by atoms with van der Waals surface area (Å²) in [5, 5.41) is 4.42. The van der Waals surface area contributed by atoms with Crippen molar-refractivity contribution < 1.29 is 9.13 Å². The van der Waals surface area contributed by atoms with E-state index < -0.39 is 0 Å². The third kappa shape index (κ3) is 4.68. The molecule has 0 spiro atoms. The van der Waals surface area contributed by atoms with Gasteiger partial charge in [-0.05, 0) is 81.8 Å². The third-order valence-corrected chi connectivity index (χ3v) is 5.28. The summed E-state index contributed by atoms with van der Waals surface area (Å²) < 4.78 is 19.2. The number of aryl methyl sites for hydroxylation is 2. The van der Waals surface area contributed by atoms with Crippen molar-refractivity contribution in [2.24, 2.45) is 0 Å². The lowest BCUT2D eigenvalue weighted by atomic mass is 10.0. The Morgan fingerprint density at radius 2 is 2.00 bits per heavy atom. The van der Waals surface area contributed by atoms with Crippen LogP contribution in [0.3, 0.4) is 0 Å². The molecule has 0 fully saturated rings. The highest BCUT2D eigenvalue weighted by molar-refractivity contribution is 5.83. The number of nitrogens with zero attached hydrogens (tertiary/aromatic N) is 2. The number of halogens is 1. The van der Waals surface area contributed by atoms with Gasteiger partial charge in [0.25, 0.3) is 0 Å². The van der Waals surface area contributed by atoms with Gasteiger partial charge in [-0.1, -0.05) is 0 Å². The van der Waals surface area contributed by atoms with E-state index in [0.717, 1.165) is 73.0 Å². The number of aromatic nitrogens is 3. The van der Waals surface area contributed by atoms with Gasteiger partial charge in [0.05, 0.1) is 24.2 Å². The van der Waals surface area contributed by atoms with Gasteiger partial charge in [-0.15, -0.1) is 0 Å². The van der Waals surface area contributed by atoms with Gasteiger partial charge in [0.2, 0.25) is 5.88 Å². The Bertz CT molecular complexity index is 924. The molecule has 28 heavy (non-hydrogen) atoms. The van der Waals surface area contributed by atoms with Crippen LogP contribution in [0.4, 0.5) is 4.39 Å². The lowest BCUT2D eigenvalue weighted by Crippen LogP contribution is -2.19. The fourth-order valence-electron chi connectivity index (χ4n) is 3.73. The summed E-state index contributed by atoms with van der Waals surface area (Å²) in [5.74, 6) is 0.463. The third-order valence-electron chi connectivity index (χ3n) is 5.28. The maximum Gasteiger partial charge on any atom is 0.232 e. The molecule has 0 saturated carbocycles. The molecule has 0 saturated heterocycles. The van der Waals surface area contributed by atoms with Gasteiger partial charge in [0.15, 0.2) is 0 Å². The average molecular weight is 382 g/mol. The van der Waals surface area contributed by atoms with Gasteiger partial charge in [-0.2, -0.15) is 0 Å². The fraction of sp³-hybridized carbons (Fsp3) is 0.455. The van der Waals surface area contributed by atoms with E-state index in [1.807, 2.05) is 6.20 Å². The Labute approximate surface area is 164 Å². The number of hydrogen-bond donors (Lipinski definition) is 2. The summed E-state index contributed by atoms with van der Waals surface area (Å²) in [5.41, 5.74) is 4.39. The van der Waals surface area contributed by atoms with E-state index in [4.69, 9.17) is 4.74 Å². The van der Waals surface area contributed by atoms with Crippen molar-refractivity contribution in [1.29, 1.82) is 0 Å². The molecule has 0 radical (unpaired) electrons. The van der Waals surface area contributed by atoms with Gasteiger partial charge < -0.3 is 15.0 Å². The predicted octanol–water partition coefficient (Wildman–Crippen LogP) is 3.97. The van der Waals surface area contributed by atoms with Crippen molar-refractivity contribution in [2.45, 2.75) is 44.9 Å². The normalized spacial score (nSPS) is 13.6. The van der Waals surface area contributed by atoms with Crippen molar-refractivity contribution in [3.63, 3.8) is 0 Å². The topological polar surface area (TPSA) is 62.8 Å². The first-order chi connectivity index (χ1) is 13.8. The van der Waals surface area contributed by atoms with E-state index in [-0.39, 0.29) is 5.82 Å². The van der Waals surface area contributed by atoms with Crippen molar-refractivity contribution in [2.75, 3.05) is 19.7 Å². The van der Waals surface area contributed by atoms with Crippen LogP contribution in [0.15, 0.2) is 30.6 Å². The SMILES string of the molecule is Fc1ccc2[nH]cc(CCNCCCCOc3cnc4c(n3)CCCC4)c2c1. The Hall–Kier alpha value is -2.47. The smallest absolute Gasteiger partial charge is 0.232 e. The minimum Gasteiger partial charge on any atom is -0.477 e. The zero-order valence-electron chi connectivity index (χ0n) is 16.1. The fourth-order valence-corrected chi connectivity index (χ4v) is 3.73. The molecule has 3 aromatic rings. The van der Waals surface area contributed by atoms with E-state index in [2.05, 4.69) is 20.3 Å². The molecular weight excluding hydrogens is 355 g/mol. The van der Waals surface area contributed by atoms with E-state index in [1.54, 1.807) is 18.3 Å². The summed E-state index contributed by atoms with van der Waals surface area (Å²) in [6.45, 7) is 2.48. The summed E-state index contributed by atoms with van der Waals surface area (Å²) in [7, 11) is 0. The molecule has 5 nitrogen and oxygen atoms in total. The van der Waals surface area contributed by atoms with Crippen LogP contribution in [0.5, 0.6) is 5.88 Å². The number of rotatable bonds is 9. The Kier molecular flexibility index (Phi) is 6.17. The molecule has 0 amide bonds. The van der Waals surface area contributed by atoms with Crippen LogP contribution in [0.25, 0.3) is 10.9 Å². The number of nitrogens with one attached hydrogen (secondary N) is 2. The van der Waals surface area contributed by atoms with E-state index >= 15 is 0 Å². The summed E-state index contributed by atoms with van der Waals surface area (Å²) in [6, 6.07) is 4.87. The minimum atomic E-state index is -0.190. The molecule has 0 atom stereocenters. The standard InChI is InChI=1S/C22H27FN4O/c23-17-7-8-19-18(13-17)16(14-25-19)9-11-24-10-3-4-12-28-22-15-26-20-5-1-2-6-21(20)27-22/h7-8,13-15,24-25H,1-6,9-12H2. The molecular formula is C22H27FN4O. The lowest BCUT2D eigenvalue weighted by molar-refractivity contribution is 0.291. The Balaban J connectivity index is 1.11. The molecule has 2 heterocycles. The minimum absolute atomic E-state index is 0.190. The lowest BCUT2D eigenvalue weighted by Gasteiger charge is -2.14. The monoisotopic (exact) mass is 382 g/mol. The van der Waals surface area contributed by atoms with Gasteiger partial charge in [0.1, 0.15) is 5.82 Å². The number of ether oxygens (including phenoxy) is 1. The molecule has 1 aromatic carbocycles. The van der Waals surface area contributed by atoms with Crippen LogP contribution < -0.4 is 10.1 Å². The first kappa shape index (κ1) is 18.9. The number of aromatic amines is 1. The second-order valence-electron chi connectivity index (χ2n) is 7.37. The van der Waals surface area contributed by atoms with Crippen LogP contribution in [0.1, 0.15) is 42.6 Å². The van der Waals surface area contributed by atoms with Crippen molar-refractivity contribution >= 4 is 10.9 Å².